The van der Waals surface area contributed by atoms with Crippen molar-refractivity contribution < 1.29 is 14.7 Å². The van der Waals surface area contributed by atoms with E-state index < -0.39 is 6.10 Å². The summed E-state index contributed by atoms with van der Waals surface area (Å²) < 4.78 is 0. The maximum atomic E-state index is 13.6. The molecule has 2 aromatic rings. The highest BCUT2D eigenvalue weighted by molar-refractivity contribution is 7.17. The minimum absolute atomic E-state index is 0.0301. The molecule has 3 atom stereocenters. The monoisotopic (exact) mass is 413 g/mol. The first-order valence-electron chi connectivity index (χ1n) is 10.3. The van der Waals surface area contributed by atoms with E-state index >= 15 is 0 Å². The van der Waals surface area contributed by atoms with Gasteiger partial charge in [0.2, 0.25) is 0 Å². The average Bonchev–Trinajstić information content (AvgIpc) is 3.05. The summed E-state index contributed by atoms with van der Waals surface area (Å²) in [6.07, 6.45) is 6.56. The van der Waals surface area contributed by atoms with Gasteiger partial charge in [-0.3, -0.25) is 14.6 Å². The van der Waals surface area contributed by atoms with Crippen LogP contribution in [0.2, 0.25) is 0 Å². The van der Waals surface area contributed by atoms with Crippen LogP contribution in [0.3, 0.4) is 0 Å². The second kappa shape index (κ2) is 8.24. The fraction of sp³-hybridized carbons (Fsp3) is 0.500. The molecule has 2 amide bonds. The van der Waals surface area contributed by atoms with Crippen LogP contribution in [0.4, 0.5) is 5.00 Å². The van der Waals surface area contributed by atoms with Gasteiger partial charge < -0.3 is 15.3 Å². The minimum Gasteiger partial charge on any atom is -0.393 e. The fourth-order valence-electron chi connectivity index (χ4n) is 4.40. The number of carbonyl (C=O) groups is 2. The molecule has 3 heterocycles. The molecule has 7 heteroatoms. The molecular weight excluding hydrogens is 386 g/mol. The lowest BCUT2D eigenvalue weighted by molar-refractivity contribution is 0.0587. The molecule has 4 rings (SSSR count). The molecule has 2 N–H and O–H groups in total. The van der Waals surface area contributed by atoms with Crippen molar-refractivity contribution in [3.63, 3.8) is 0 Å². The molecule has 154 valence electrons. The van der Waals surface area contributed by atoms with Crippen LogP contribution in [-0.4, -0.2) is 45.5 Å². The second-order valence-corrected chi connectivity index (χ2v) is 9.38. The van der Waals surface area contributed by atoms with Crippen LogP contribution in [0, 0.1) is 5.92 Å². The zero-order valence-electron chi connectivity index (χ0n) is 16.9. The Kier molecular flexibility index (Phi) is 5.69. The number of piperidine rings is 1. The van der Waals surface area contributed by atoms with Crippen LogP contribution < -0.4 is 5.32 Å². The number of aromatic nitrogens is 1. The average molecular weight is 414 g/mol. The number of anilines is 1. The first-order valence-corrected chi connectivity index (χ1v) is 11.1. The van der Waals surface area contributed by atoms with Gasteiger partial charge in [-0.2, -0.15) is 0 Å². The van der Waals surface area contributed by atoms with Gasteiger partial charge in [-0.15, -0.1) is 11.3 Å². The van der Waals surface area contributed by atoms with Gasteiger partial charge in [0.15, 0.2) is 0 Å². The molecule has 0 unspecified atom stereocenters. The van der Waals surface area contributed by atoms with Crippen molar-refractivity contribution in [2.45, 2.75) is 58.1 Å². The fourth-order valence-corrected chi connectivity index (χ4v) is 5.64. The molecular formula is C22H27N3O3S. The maximum Gasteiger partial charge on any atom is 0.257 e. The Morgan fingerprint density at radius 2 is 2.14 bits per heavy atom. The second-order valence-electron chi connectivity index (χ2n) is 8.28. The smallest absolute Gasteiger partial charge is 0.257 e. The lowest BCUT2D eigenvalue weighted by atomic mass is 9.90. The summed E-state index contributed by atoms with van der Waals surface area (Å²) in [6, 6.07) is 3.58. The number of nitrogens with zero attached hydrogens (tertiary/aromatic N) is 2. The molecule has 6 nitrogen and oxygen atoms in total. The van der Waals surface area contributed by atoms with Gasteiger partial charge in [0.25, 0.3) is 11.8 Å². The van der Waals surface area contributed by atoms with E-state index in [4.69, 9.17) is 0 Å². The number of rotatable bonds is 3. The Labute approximate surface area is 175 Å². The highest BCUT2D eigenvalue weighted by Gasteiger charge is 2.34. The SMILES string of the molecule is C[C@@H]1CCN(C(=O)c2c(NC(=O)c3cccnc3)sc3c2C[C@H](O)CC3)[C@H](C)C1. The number of likely N-dealkylation sites (tertiary alicyclic amines) is 1. The topological polar surface area (TPSA) is 82.5 Å². The molecule has 1 aliphatic heterocycles. The van der Waals surface area contributed by atoms with Gasteiger partial charge in [0, 0.05) is 36.3 Å². The van der Waals surface area contributed by atoms with Crippen molar-refractivity contribution in [2.24, 2.45) is 5.92 Å². The van der Waals surface area contributed by atoms with Gasteiger partial charge in [-0.1, -0.05) is 6.92 Å². The highest BCUT2D eigenvalue weighted by atomic mass is 32.1. The standard InChI is InChI=1S/C22H27N3O3S/c1-13-7-9-25(14(2)10-13)22(28)19-17-11-16(26)5-6-18(17)29-21(19)24-20(27)15-4-3-8-23-12-15/h3-4,8,12-14,16,26H,5-7,9-11H2,1-2H3,(H,24,27)/t13-,14-,16-/m1/s1. The summed E-state index contributed by atoms with van der Waals surface area (Å²) >= 11 is 1.47. The third-order valence-electron chi connectivity index (χ3n) is 6.00. The maximum absolute atomic E-state index is 13.6. The van der Waals surface area contributed by atoms with E-state index in [1.54, 1.807) is 18.3 Å². The van der Waals surface area contributed by atoms with Crippen molar-refractivity contribution in [2.75, 3.05) is 11.9 Å². The number of hydrogen-bond donors (Lipinski definition) is 2. The Bertz CT molecular complexity index is 912. The summed E-state index contributed by atoms with van der Waals surface area (Å²) in [5, 5.41) is 13.8. The number of aliphatic hydroxyl groups is 1. The van der Waals surface area contributed by atoms with Gasteiger partial charge in [0.1, 0.15) is 5.00 Å². The van der Waals surface area contributed by atoms with Crippen LogP contribution >= 0.6 is 11.3 Å². The first-order chi connectivity index (χ1) is 13.9. The predicted molar refractivity (Wildman–Crippen MR) is 113 cm³/mol. The quantitative estimate of drug-likeness (QED) is 0.807. The summed E-state index contributed by atoms with van der Waals surface area (Å²) in [5.41, 5.74) is 1.94. The van der Waals surface area contributed by atoms with Crippen LogP contribution in [0.25, 0.3) is 0 Å². The predicted octanol–water partition coefficient (Wildman–Crippen LogP) is 3.51. The summed E-state index contributed by atoms with van der Waals surface area (Å²) in [5.74, 6) is 0.307. The Hall–Kier alpha value is -2.25. The zero-order valence-corrected chi connectivity index (χ0v) is 17.7. The number of nitrogens with one attached hydrogen (secondary N) is 1. The number of hydrogen-bond acceptors (Lipinski definition) is 5. The van der Waals surface area contributed by atoms with E-state index in [9.17, 15) is 14.7 Å². The van der Waals surface area contributed by atoms with Crippen molar-refractivity contribution in [1.29, 1.82) is 0 Å². The summed E-state index contributed by atoms with van der Waals surface area (Å²) in [6.45, 7) is 5.04. The third-order valence-corrected chi connectivity index (χ3v) is 7.21. The lowest BCUT2D eigenvalue weighted by Gasteiger charge is -2.37. The van der Waals surface area contributed by atoms with E-state index in [0.29, 0.717) is 34.9 Å². The zero-order chi connectivity index (χ0) is 20.5. The largest absolute Gasteiger partial charge is 0.393 e. The molecule has 29 heavy (non-hydrogen) atoms. The molecule has 1 aliphatic carbocycles. The molecule has 2 aromatic heterocycles. The van der Waals surface area contributed by atoms with Crippen LogP contribution in [-0.2, 0) is 12.8 Å². The number of thiophene rings is 1. The molecule has 0 bridgehead atoms. The highest BCUT2D eigenvalue weighted by Crippen LogP contribution is 2.40. The molecule has 0 spiro atoms. The molecule has 0 aromatic carbocycles. The van der Waals surface area contributed by atoms with Gasteiger partial charge in [-0.05, 0) is 56.2 Å². The van der Waals surface area contributed by atoms with Crippen molar-refractivity contribution >= 4 is 28.2 Å². The van der Waals surface area contributed by atoms with Crippen LogP contribution in [0.5, 0.6) is 0 Å². The van der Waals surface area contributed by atoms with Crippen LogP contribution in [0.15, 0.2) is 24.5 Å². The van der Waals surface area contributed by atoms with Gasteiger partial charge in [-0.25, -0.2) is 0 Å². The van der Waals surface area contributed by atoms with E-state index in [1.165, 1.54) is 17.5 Å². The number of pyridine rings is 1. The Morgan fingerprint density at radius 1 is 1.31 bits per heavy atom. The summed E-state index contributed by atoms with van der Waals surface area (Å²) in [7, 11) is 0. The number of carbonyl (C=O) groups excluding carboxylic acids is 2. The van der Waals surface area contributed by atoms with Crippen LogP contribution in [0.1, 0.15) is 64.3 Å². The molecule has 2 aliphatic rings. The van der Waals surface area contributed by atoms with Crippen molar-refractivity contribution in [3.05, 3.63) is 46.1 Å². The third kappa shape index (κ3) is 4.07. The van der Waals surface area contributed by atoms with Gasteiger partial charge in [0.05, 0.1) is 17.2 Å². The minimum atomic E-state index is -0.440. The number of amides is 2. The number of aliphatic hydroxyl groups excluding tert-OH is 1. The lowest BCUT2D eigenvalue weighted by Crippen LogP contribution is -2.44. The van der Waals surface area contributed by atoms with Crippen molar-refractivity contribution in [3.8, 4) is 0 Å². The number of fused-ring (bicyclic) bond motifs is 1. The normalized spacial score (nSPS) is 24.1. The molecule has 0 radical (unpaired) electrons. The van der Waals surface area contributed by atoms with Gasteiger partial charge >= 0.3 is 0 Å². The molecule has 1 fully saturated rings. The van der Waals surface area contributed by atoms with E-state index in [2.05, 4.69) is 24.1 Å². The Balaban J connectivity index is 1.68. The van der Waals surface area contributed by atoms with E-state index in [-0.39, 0.29) is 17.9 Å². The van der Waals surface area contributed by atoms with Crippen molar-refractivity contribution in [1.82, 2.24) is 9.88 Å². The molecule has 1 saturated heterocycles. The van der Waals surface area contributed by atoms with E-state index in [0.717, 1.165) is 36.2 Å². The number of aryl methyl sites for hydroxylation is 1. The summed E-state index contributed by atoms with van der Waals surface area (Å²) in [4.78, 5) is 33.3. The van der Waals surface area contributed by atoms with E-state index in [1.807, 2.05) is 4.90 Å². The molecule has 0 saturated carbocycles. The first kappa shape index (κ1) is 20.0. The Morgan fingerprint density at radius 3 is 2.86 bits per heavy atom.